The molecule has 0 aromatic heterocycles. The van der Waals surface area contributed by atoms with Gasteiger partial charge in [0.1, 0.15) is 0 Å². The summed E-state index contributed by atoms with van der Waals surface area (Å²) in [6.45, 7) is 8.37. The van der Waals surface area contributed by atoms with Crippen molar-refractivity contribution in [3.8, 4) is 11.5 Å². The van der Waals surface area contributed by atoms with Crippen molar-refractivity contribution >= 4 is 11.9 Å². The molecule has 0 aliphatic carbocycles. The van der Waals surface area contributed by atoms with Gasteiger partial charge in [0, 0.05) is 12.8 Å². The molecule has 1 aromatic carbocycles. The molecule has 0 unspecified atom stereocenters. The van der Waals surface area contributed by atoms with Crippen molar-refractivity contribution in [2.45, 2.75) is 66.2 Å². The minimum atomic E-state index is -0.351. The van der Waals surface area contributed by atoms with Crippen LogP contribution >= 0.6 is 0 Å². The van der Waals surface area contributed by atoms with Gasteiger partial charge in [-0.3, -0.25) is 9.59 Å². The fourth-order valence-corrected chi connectivity index (χ4v) is 2.09. The summed E-state index contributed by atoms with van der Waals surface area (Å²) in [7, 11) is 0. The van der Waals surface area contributed by atoms with Crippen LogP contribution in [0.1, 0.15) is 66.2 Å². The van der Waals surface area contributed by atoms with Gasteiger partial charge in [-0.25, -0.2) is 0 Å². The van der Waals surface area contributed by atoms with E-state index in [1.54, 1.807) is 31.2 Å². The molecule has 0 bridgehead atoms. The third-order valence-electron chi connectivity index (χ3n) is 3.39. The number of hydrogen-bond donors (Lipinski definition) is 0. The SMILES string of the molecule is CCC(=O)Oc1ccccc1OC(=O)CCCCCC(C)(C)C. The fourth-order valence-electron chi connectivity index (χ4n) is 2.09. The maximum Gasteiger partial charge on any atom is 0.311 e. The molecule has 0 radical (unpaired) electrons. The Kier molecular flexibility index (Phi) is 7.79. The van der Waals surface area contributed by atoms with Gasteiger partial charge in [0.15, 0.2) is 11.5 Å². The van der Waals surface area contributed by atoms with Crippen LogP contribution in [-0.4, -0.2) is 11.9 Å². The van der Waals surface area contributed by atoms with Crippen LogP contribution in [0, 0.1) is 5.41 Å². The summed E-state index contributed by atoms with van der Waals surface area (Å²) in [5, 5.41) is 0. The molecule has 1 rings (SSSR count). The maximum atomic E-state index is 11.9. The normalized spacial score (nSPS) is 11.1. The average molecular weight is 320 g/mol. The van der Waals surface area contributed by atoms with E-state index in [9.17, 15) is 9.59 Å². The summed E-state index contributed by atoms with van der Waals surface area (Å²) in [5.74, 6) is -0.0501. The third-order valence-corrected chi connectivity index (χ3v) is 3.39. The zero-order valence-electron chi connectivity index (χ0n) is 14.7. The first-order valence-corrected chi connectivity index (χ1v) is 8.32. The molecule has 1 aromatic rings. The Morgan fingerprint density at radius 1 is 0.913 bits per heavy atom. The van der Waals surface area contributed by atoms with Gasteiger partial charge in [-0.1, -0.05) is 52.7 Å². The summed E-state index contributed by atoms with van der Waals surface area (Å²) < 4.78 is 10.5. The lowest BCUT2D eigenvalue weighted by molar-refractivity contribution is -0.137. The molecular formula is C19H28O4. The molecule has 4 nitrogen and oxygen atoms in total. The van der Waals surface area contributed by atoms with E-state index in [0.717, 1.165) is 25.7 Å². The molecule has 128 valence electrons. The van der Waals surface area contributed by atoms with Crippen LogP contribution in [0.4, 0.5) is 0 Å². The highest BCUT2D eigenvalue weighted by Crippen LogP contribution is 2.27. The lowest BCUT2D eigenvalue weighted by Gasteiger charge is -2.17. The molecule has 0 saturated carbocycles. The van der Waals surface area contributed by atoms with Crippen LogP contribution in [0.15, 0.2) is 24.3 Å². The first kappa shape index (κ1) is 19.2. The van der Waals surface area contributed by atoms with E-state index >= 15 is 0 Å². The molecule has 0 amide bonds. The van der Waals surface area contributed by atoms with Gasteiger partial charge in [-0.05, 0) is 30.4 Å². The Hall–Kier alpha value is -1.84. The zero-order chi connectivity index (χ0) is 17.3. The number of carbonyl (C=O) groups is 2. The van der Waals surface area contributed by atoms with Gasteiger partial charge in [0.2, 0.25) is 0 Å². The summed E-state index contributed by atoms with van der Waals surface area (Å²) in [5.41, 5.74) is 0.336. The third kappa shape index (κ3) is 8.38. The minimum Gasteiger partial charge on any atom is -0.423 e. The zero-order valence-corrected chi connectivity index (χ0v) is 14.7. The number of benzene rings is 1. The molecule has 0 heterocycles. The van der Waals surface area contributed by atoms with Crippen LogP contribution in [0.3, 0.4) is 0 Å². The van der Waals surface area contributed by atoms with Crippen LogP contribution in [0.2, 0.25) is 0 Å². The van der Waals surface area contributed by atoms with E-state index < -0.39 is 0 Å². The molecule has 0 aliphatic heterocycles. The Labute approximate surface area is 139 Å². The highest BCUT2D eigenvalue weighted by Gasteiger charge is 2.13. The Morgan fingerprint density at radius 2 is 1.48 bits per heavy atom. The standard InChI is InChI=1S/C19H28O4/c1-5-17(20)22-15-11-8-9-12-16(15)23-18(21)13-7-6-10-14-19(2,3)4/h8-9,11-12H,5-7,10,13-14H2,1-4H3. The van der Waals surface area contributed by atoms with E-state index in [1.807, 2.05) is 0 Å². The maximum absolute atomic E-state index is 11.9. The monoisotopic (exact) mass is 320 g/mol. The van der Waals surface area contributed by atoms with Crippen molar-refractivity contribution in [3.63, 3.8) is 0 Å². The van der Waals surface area contributed by atoms with Crippen molar-refractivity contribution < 1.29 is 19.1 Å². The van der Waals surface area contributed by atoms with Crippen LogP contribution in [-0.2, 0) is 9.59 Å². The molecule has 0 atom stereocenters. The van der Waals surface area contributed by atoms with Crippen LogP contribution in [0.25, 0.3) is 0 Å². The van der Waals surface area contributed by atoms with E-state index in [-0.39, 0.29) is 18.4 Å². The van der Waals surface area contributed by atoms with Crippen molar-refractivity contribution in [2.75, 3.05) is 0 Å². The second-order valence-electron chi connectivity index (χ2n) is 6.87. The second kappa shape index (κ2) is 9.33. The predicted molar refractivity (Wildman–Crippen MR) is 90.5 cm³/mol. The predicted octanol–water partition coefficient (Wildman–Crippen LogP) is 4.90. The highest BCUT2D eigenvalue weighted by atomic mass is 16.6. The number of ether oxygens (including phenoxy) is 2. The van der Waals surface area contributed by atoms with Gasteiger partial charge < -0.3 is 9.47 Å². The van der Waals surface area contributed by atoms with Gasteiger partial charge >= 0.3 is 11.9 Å². The first-order valence-electron chi connectivity index (χ1n) is 8.32. The van der Waals surface area contributed by atoms with Crippen molar-refractivity contribution in [1.82, 2.24) is 0 Å². The second-order valence-corrected chi connectivity index (χ2v) is 6.87. The van der Waals surface area contributed by atoms with E-state index in [1.165, 1.54) is 0 Å². The van der Waals surface area contributed by atoms with Gasteiger partial charge in [0.25, 0.3) is 0 Å². The summed E-state index contributed by atoms with van der Waals surface area (Å²) >= 11 is 0. The number of esters is 2. The molecule has 0 spiro atoms. The lowest BCUT2D eigenvalue weighted by Crippen LogP contribution is -2.11. The van der Waals surface area contributed by atoms with E-state index in [0.29, 0.717) is 23.3 Å². The fraction of sp³-hybridized carbons (Fsp3) is 0.579. The van der Waals surface area contributed by atoms with Gasteiger partial charge in [0.05, 0.1) is 0 Å². The average Bonchev–Trinajstić information content (AvgIpc) is 2.47. The smallest absolute Gasteiger partial charge is 0.311 e. The number of para-hydroxylation sites is 2. The Morgan fingerprint density at radius 3 is 2.00 bits per heavy atom. The number of hydrogen-bond acceptors (Lipinski definition) is 4. The molecule has 4 heteroatoms. The van der Waals surface area contributed by atoms with Crippen molar-refractivity contribution in [1.29, 1.82) is 0 Å². The number of rotatable bonds is 8. The highest BCUT2D eigenvalue weighted by molar-refractivity contribution is 5.75. The molecule has 0 N–H and O–H groups in total. The molecule has 23 heavy (non-hydrogen) atoms. The van der Waals surface area contributed by atoms with Crippen molar-refractivity contribution in [3.05, 3.63) is 24.3 Å². The van der Waals surface area contributed by atoms with Crippen molar-refractivity contribution in [2.24, 2.45) is 5.41 Å². The molecule has 0 aliphatic rings. The lowest BCUT2D eigenvalue weighted by atomic mass is 9.89. The summed E-state index contributed by atoms with van der Waals surface area (Å²) in [4.78, 5) is 23.3. The summed E-state index contributed by atoms with van der Waals surface area (Å²) in [6.07, 6.45) is 4.74. The summed E-state index contributed by atoms with van der Waals surface area (Å²) in [6, 6.07) is 6.74. The van der Waals surface area contributed by atoms with E-state index in [4.69, 9.17) is 9.47 Å². The molecule has 0 saturated heterocycles. The molecule has 0 fully saturated rings. The van der Waals surface area contributed by atoms with E-state index in [2.05, 4.69) is 20.8 Å². The first-order chi connectivity index (χ1) is 10.8. The quantitative estimate of drug-likeness (QED) is 0.388. The largest absolute Gasteiger partial charge is 0.423 e. The van der Waals surface area contributed by atoms with Gasteiger partial charge in [-0.15, -0.1) is 0 Å². The van der Waals surface area contributed by atoms with Gasteiger partial charge in [-0.2, -0.15) is 0 Å². The topological polar surface area (TPSA) is 52.6 Å². The number of carbonyl (C=O) groups excluding carboxylic acids is 2. The minimum absolute atomic E-state index is 0.274. The molecular weight excluding hydrogens is 292 g/mol. The number of unbranched alkanes of at least 4 members (excludes halogenated alkanes) is 2. The Bertz CT molecular complexity index is 514. The van der Waals surface area contributed by atoms with Crippen LogP contribution in [0.5, 0.6) is 11.5 Å². The Balaban J connectivity index is 2.41. The van der Waals surface area contributed by atoms with Crippen LogP contribution < -0.4 is 9.47 Å².